The molecule has 0 aromatic carbocycles. The molecule has 1 aliphatic heterocycles. The zero-order chi connectivity index (χ0) is 9.26. The van der Waals surface area contributed by atoms with Gasteiger partial charge < -0.3 is 4.90 Å². The molecule has 0 aromatic heterocycles. The number of hydrogen-bond donors (Lipinski definition) is 0. The third kappa shape index (κ3) is 1.86. The largest absolute Gasteiger partial charge is 0.306 e. The van der Waals surface area contributed by atoms with Crippen LogP contribution in [0, 0.1) is 17.8 Å². The van der Waals surface area contributed by atoms with Gasteiger partial charge in [0.2, 0.25) is 0 Å². The second-order valence-electron chi connectivity index (χ2n) is 4.52. The van der Waals surface area contributed by atoms with Crippen LogP contribution in [0.2, 0.25) is 0 Å². The summed E-state index contributed by atoms with van der Waals surface area (Å²) >= 11 is 0. The Morgan fingerprint density at radius 2 is 2.00 bits per heavy atom. The third-order valence-electron chi connectivity index (χ3n) is 3.44. The van der Waals surface area contributed by atoms with Crippen molar-refractivity contribution in [3.05, 3.63) is 24.3 Å². The van der Waals surface area contributed by atoms with Gasteiger partial charge in [0.1, 0.15) is 0 Å². The van der Waals surface area contributed by atoms with E-state index in [2.05, 4.69) is 43.2 Å². The van der Waals surface area contributed by atoms with Crippen LogP contribution >= 0.6 is 0 Å². The summed E-state index contributed by atoms with van der Waals surface area (Å²) in [4.78, 5) is 2.45. The highest BCUT2D eigenvalue weighted by atomic mass is 15.1. The Kier molecular flexibility index (Phi) is 2.54. The summed E-state index contributed by atoms with van der Waals surface area (Å²) in [5.41, 5.74) is 0. The number of likely N-dealkylation sites (tertiary alicyclic amines) is 1. The molecule has 1 heteroatoms. The minimum Gasteiger partial charge on any atom is -0.306 e. The maximum absolute atomic E-state index is 2.45. The van der Waals surface area contributed by atoms with Gasteiger partial charge in [-0.3, -0.25) is 0 Å². The van der Waals surface area contributed by atoms with Gasteiger partial charge in [-0.1, -0.05) is 31.2 Å². The summed E-state index contributed by atoms with van der Waals surface area (Å²) < 4.78 is 0. The normalized spacial score (nSPS) is 40.0. The Bertz CT molecular complexity index is 229. The summed E-state index contributed by atoms with van der Waals surface area (Å²) in [6, 6.07) is 0. The Morgan fingerprint density at radius 1 is 1.23 bits per heavy atom. The number of rotatable bonds is 1. The van der Waals surface area contributed by atoms with Crippen LogP contribution in [0.25, 0.3) is 0 Å². The van der Waals surface area contributed by atoms with Crippen LogP contribution in [0.5, 0.6) is 0 Å². The second-order valence-corrected chi connectivity index (χ2v) is 4.52. The molecule has 0 bridgehead atoms. The molecule has 0 saturated carbocycles. The number of hydrogen-bond acceptors (Lipinski definition) is 1. The van der Waals surface area contributed by atoms with E-state index in [1.165, 1.54) is 19.5 Å². The SMILES string of the molecule is CC1C=CC=CC1[C@H]1CCN(C)C1. The predicted molar refractivity (Wildman–Crippen MR) is 56.5 cm³/mol. The van der Waals surface area contributed by atoms with E-state index in [9.17, 15) is 0 Å². The molecule has 1 nitrogen and oxygen atoms in total. The first-order valence-electron chi connectivity index (χ1n) is 5.31. The summed E-state index contributed by atoms with van der Waals surface area (Å²) in [7, 11) is 2.23. The Balaban J connectivity index is 2.00. The van der Waals surface area contributed by atoms with Crippen molar-refractivity contribution in [1.29, 1.82) is 0 Å². The predicted octanol–water partition coefficient (Wildman–Crippen LogP) is 2.32. The fraction of sp³-hybridized carbons (Fsp3) is 0.667. The van der Waals surface area contributed by atoms with Crippen molar-refractivity contribution >= 4 is 0 Å². The Labute approximate surface area is 81.1 Å². The average molecular weight is 177 g/mol. The lowest BCUT2D eigenvalue weighted by molar-refractivity contribution is 0.318. The fourth-order valence-corrected chi connectivity index (χ4v) is 2.61. The quantitative estimate of drug-likeness (QED) is 0.594. The van der Waals surface area contributed by atoms with Crippen LogP contribution in [0.1, 0.15) is 13.3 Å². The molecule has 2 aliphatic rings. The summed E-state index contributed by atoms with van der Waals surface area (Å²) in [6.45, 7) is 4.90. The standard InChI is InChI=1S/C12H19N/c1-10-5-3-4-6-12(10)11-7-8-13(2)9-11/h3-6,10-12H,7-9H2,1-2H3/t10?,11-,12?/m0/s1. The van der Waals surface area contributed by atoms with Crippen molar-refractivity contribution in [2.75, 3.05) is 20.1 Å². The first kappa shape index (κ1) is 9.01. The lowest BCUT2D eigenvalue weighted by Gasteiger charge is -2.26. The van der Waals surface area contributed by atoms with Gasteiger partial charge in [-0.25, -0.2) is 0 Å². The van der Waals surface area contributed by atoms with E-state index >= 15 is 0 Å². The van der Waals surface area contributed by atoms with E-state index in [1.807, 2.05) is 0 Å². The Morgan fingerprint density at radius 3 is 2.62 bits per heavy atom. The molecule has 1 heterocycles. The lowest BCUT2D eigenvalue weighted by Crippen LogP contribution is -2.23. The molecule has 0 amide bonds. The molecular weight excluding hydrogens is 158 g/mol. The van der Waals surface area contributed by atoms with E-state index in [0.717, 1.165) is 17.8 Å². The molecule has 1 aliphatic carbocycles. The van der Waals surface area contributed by atoms with Gasteiger partial charge in [-0.2, -0.15) is 0 Å². The highest BCUT2D eigenvalue weighted by Crippen LogP contribution is 2.32. The van der Waals surface area contributed by atoms with Crippen LogP contribution in [-0.2, 0) is 0 Å². The van der Waals surface area contributed by atoms with Crippen molar-refractivity contribution in [3.63, 3.8) is 0 Å². The molecule has 0 radical (unpaired) electrons. The van der Waals surface area contributed by atoms with E-state index < -0.39 is 0 Å². The molecule has 1 fully saturated rings. The first-order valence-corrected chi connectivity index (χ1v) is 5.31. The molecule has 0 N–H and O–H groups in total. The highest BCUT2D eigenvalue weighted by molar-refractivity contribution is 5.15. The van der Waals surface area contributed by atoms with Gasteiger partial charge in [0.25, 0.3) is 0 Å². The fourth-order valence-electron chi connectivity index (χ4n) is 2.61. The molecular formula is C12H19N. The van der Waals surface area contributed by atoms with Gasteiger partial charge >= 0.3 is 0 Å². The van der Waals surface area contributed by atoms with Gasteiger partial charge in [0, 0.05) is 6.54 Å². The number of allylic oxidation sites excluding steroid dienone is 4. The summed E-state index contributed by atoms with van der Waals surface area (Å²) in [6.07, 6.45) is 10.5. The zero-order valence-corrected chi connectivity index (χ0v) is 8.61. The monoisotopic (exact) mass is 177 g/mol. The zero-order valence-electron chi connectivity index (χ0n) is 8.61. The maximum Gasteiger partial charge on any atom is 0.00129 e. The van der Waals surface area contributed by atoms with Crippen LogP contribution in [0.3, 0.4) is 0 Å². The van der Waals surface area contributed by atoms with E-state index in [1.54, 1.807) is 0 Å². The van der Waals surface area contributed by atoms with Gasteiger partial charge in [-0.15, -0.1) is 0 Å². The van der Waals surface area contributed by atoms with Gasteiger partial charge in [-0.05, 0) is 37.8 Å². The highest BCUT2D eigenvalue weighted by Gasteiger charge is 2.29. The smallest absolute Gasteiger partial charge is 0.00129 e. The average Bonchev–Trinajstić information content (AvgIpc) is 2.53. The van der Waals surface area contributed by atoms with Crippen LogP contribution in [0.4, 0.5) is 0 Å². The van der Waals surface area contributed by atoms with Crippen LogP contribution < -0.4 is 0 Å². The van der Waals surface area contributed by atoms with E-state index in [4.69, 9.17) is 0 Å². The first-order chi connectivity index (χ1) is 6.27. The maximum atomic E-state index is 2.45. The van der Waals surface area contributed by atoms with Crippen molar-refractivity contribution in [3.8, 4) is 0 Å². The molecule has 13 heavy (non-hydrogen) atoms. The minimum absolute atomic E-state index is 0.737. The topological polar surface area (TPSA) is 3.24 Å². The molecule has 1 saturated heterocycles. The van der Waals surface area contributed by atoms with Crippen molar-refractivity contribution in [2.45, 2.75) is 13.3 Å². The van der Waals surface area contributed by atoms with Crippen molar-refractivity contribution in [2.24, 2.45) is 17.8 Å². The molecule has 2 rings (SSSR count). The molecule has 3 atom stereocenters. The molecule has 0 aromatic rings. The van der Waals surface area contributed by atoms with Gasteiger partial charge in [0.15, 0.2) is 0 Å². The van der Waals surface area contributed by atoms with Crippen LogP contribution in [-0.4, -0.2) is 25.0 Å². The third-order valence-corrected chi connectivity index (χ3v) is 3.44. The van der Waals surface area contributed by atoms with Crippen molar-refractivity contribution in [1.82, 2.24) is 4.90 Å². The summed E-state index contributed by atoms with van der Waals surface area (Å²) in [5.74, 6) is 2.41. The van der Waals surface area contributed by atoms with Gasteiger partial charge in [0.05, 0.1) is 0 Å². The molecule has 0 spiro atoms. The number of nitrogens with zero attached hydrogens (tertiary/aromatic N) is 1. The second kappa shape index (κ2) is 3.67. The van der Waals surface area contributed by atoms with Crippen LogP contribution in [0.15, 0.2) is 24.3 Å². The van der Waals surface area contributed by atoms with E-state index in [0.29, 0.717) is 0 Å². The minimum atomic E-state index is 0.737. The molecule has 2 unspecified atom stereocenters. The molecule has 72 valence electrons. The Hall–Kier alpha value is -0.560. The van der Waals surface area contributed by atoms with E-state index in [-0.39, 0.29) is 0 Å². The summed E-state index contributed by atoms with van der Waals surface area (Å²) in [5, 5.41) is 0. The lowest BCUT2D eigenvalue weighted by atomic mass is 9.79. The van der Waals surface area contributed by atoms with Crippen molar-refractivity contribution < 1.29 is 0 Å².